The van der Waals surface area contributed by atoms with Gasteiger partial charge in [0.1, 0.15) is 12.1 Å². The Morgan fingerprint density at radius 3 is 2.41 bits per heavy atom. The summed E-state index contributed by atoms with van der Waals surface area (Å²) in [7, 11) is 0. The first kappa shape index (κ1) is 22.3. The Hall–Kier alpha value is -2.73. The van der Waals surface area contributed by atoms with Gasteiger partial charge in [-0.05, 0) is 19.3 Å². The Morgan fingerprint density at radius 1 is 1.19 bits per heavy atom. The second-order valence-corrected chi connectivity index (χ2v) is 6.08. The van der Waals surface area contributed by atoms with Gasteiger partial charge in [0.15, 0.2) is 0 Å². The summed E-state index contributed by atoms with van der Waals surface area (Å²) in [6.07, 6.45) is 0.475. The third kappa shape index (κ3) is 6.83. The van der Waals surface area contributed by atoms with Crippen LogP contribution in [0.15, 0.2) is 0 Å². The SMILES string of the molecule is NC(CCC(=O)O)C(=O)NCC(=O)N1CCCC1C(=O)NC(CO)C(=O)O. The lowest BCUT2D eigenvalue weighted by atomic mass is 10.1. The number of aliphatic carboxylic acids is 2. The number of carbonyl (C=O) groups is 5. The number of aliphatic hydroxyl groups excluding tert-OH is 1. The molecule has 0 bridgehead atoms. The van der Waals surface area contributed by atoms with Crippen LogP contribution in [-0.4, -0.2) is 87.7 Å². The van der Waals surface area contributed by atoms with Crippen LogP contribution in [0, 0.1) is 0 Å². The standard InChI is InChI=1S/C15H24N4O8/c16-8(3-4-12(22)23)13(24)17-6-11(21)19-5-1-2-10(19)14(25)18-9(7-20)15(26)27/h8-10,20H,1-7,16H2,(H,17,24)(H,18,25)(H,22,23)(H,26,27). The molecule has 1 fully saturated rings. The van der Waals surface area contributed by atoms with Gasteiger partial charge in [-0.1, -0.05) is 0 Å². The van der Waals surface area contributed by atoms with E-state index in [0.29, 0.717) is 12.8 Å². The Bertz CT molecular complexity index is 596. The van der Waals surface area contributed by atoms with E-state index < -0.39 is 60.9 Å². The van der Waals surface area contributed by atoms with Crippen LogP contribution < -0.4 is 16.4 Å². The molecule has 3 amide bonds. The van der Waals surface area contributed by atoms with Crippen molar-refractivity contribution in [3.05, 3.63) is 0 Å². The molecule has 0 aromatic rings. The maximum Gasteiger partial charge on any atom is 0.328 e. The number of hydrogen-bond acceptors (Lipinski definition) is 7. The molecule has 0 aromatic carbocycles. The number of carboxylic acids is 2. The molecule has 1 heterocycles. The van der Waals surface area contributed by atoms with Crippen LogP contribution in [0.1, 0.15) is 25.7 Å². The Labute approximate surface area is 154 Å². The summed E-state index contributed by atoms with van der Waals surface area (Å²) in [5, 5.41) is 30.9. The van der Waals surface area contributed by atoms with E-state index in [2.05, 4.69) is 10.6 Å². The Morgan fingerprint density at radius 2 is 1.85 bits per heavy atom. The maximum absolute atomic E-state index is 12.3. The van der Waals surface area contributed by atoms with Crippen LogP contribution in [0.3, 0.4) is 0 Å². The molecule has 12 heteroatoms. The molecule has 27 heavy (non-hydrogen) atoms. The lowest BCUT2D eigenvalue weighted by Gasteiger charge is -2.25. The van der Waals surface area contributed by atoms with Crippen LogP contribution >= 0.6 is 0 Å². The van der Waals surface area contributed by atoms with E-state index >= 15 is 0 Å². The number of rotatable bonds is 10. The van der Waals surface area contributed by atoms with Crippen LogP contribution in [0.25, 0.3) is 0 Å². The zero-order valence-corrected chi connectivity index (χ0v) is 14.6. The van der Waals surface area contributed by atoms with E-state index in [1.807, 2.05) is 0 Å². The molecule has 1 aliphatic rings. The minimum atomic E-state index is -1.47. The highest BCUT2D eigenvalue weighted by molar-refractivity contribution is 5.93. The number of amides is 3. The van der Waals surface area contributed by atoms with Gasteiger partial charge >= 0.3 is 11.9 Å². The van der Waals surface area contributed by atoms with Crippen molar-refractivity contribution in [2.75, 3.05) is 19.7 Å². The highest BCUT2D eigenvalue weighted by atomic mass is 16.4. The lowest BCUT2D eigenvalue weighted by Crippen LogP contribution is -2.53. The van der Waals surface area contributed by atoms with Crippen LogP contribution in [-0.2, 0) is 24.0 Å². The summed E-state index contributed by atoms with van der Waals surface area (Å²) in [5.74, 6) is -4.43. The summed E-state index contributed by atoms with van der Waals surface area (Å²) < 4.78 is 0. The van der Waals surface area contributed by atoms with Crippen LogP contribution in [0.2, 0.25) is 0 Å². The summed E-state index contributed by atoms with van der Waals surface area (Å²) in [4.78, 5) is 58.8. The van der Waals surface area contributed by atoms with Crippen molar-refractivity contribution in [2.45, 2.75) is 43.8 Å². The molecule has 1 saturated heterocycles. The number of nitrogens with two attached hydrogens (primary N) is 1. The van der Waals surface area contributed by atoms with Crippen LogP contribution in [0.5, 0.6) is 0 Å². The third-order valence-electron chi connectivity index (χ3n) is 4.09. The number of carbonyl (C=O) groups excluding carboxylic acids is 3. The topological polar surface area (TPSA) is 199 Å². The molecule has 1 rings (SSSR count). The van der Waals surface area contributed by atoms with Gasteiger partial charge < -0.3 is 36.6 Å². The molecule has 1 aliphatic heterocycles. The number of carboxylic acid groups (broad SMARTS) is 2. The Kier molecular flexibility index (Phi) is 8.62. The first-order valence-corrected chi connectivity index (χ1v) is 8.36. The number of nitrogens with one attached hydrogen (secondary N) is 2. The fraction of sp³-hybridized carbons (Fsp3) is 0.667. The number of likely N-dealkylation sites (tertiary alicyclic amines) is 1. The van der Waals surface area contributed by atoms with Gasteiger partial charge in [0.05, 0.1) is 19.2 Å². The minimum absolute atomic E-state index is 0.0815. The summed E-state index contributed by atoms with van der Waals surface area (Å²) in [6.45, 7) is -0.952. The molecular formula is C15H24N4O8. The number of aliphatic hydroxyl groups is 1. The summed E-state index contributed by atoms with van der Waals surface area (Å²) in [6, 6.07) is -3.45. The van der Waals surface area contributed by atoms with E-state index in [9.17, 15) is 24.0 Å². The second-order valence-electron chi connectivity index (χ2n) is 6.08. The van der Waals surface area contributed by atoms with Gasteiger partial charge in [0, 0.05) is 13.0 Å². The van der Waals surface area contributed by atoms with Crippen molar-refractivity contribution in [2.24, 2.45) is 5.73 Å². The number of hydrogen-bond donors (Lipinski definition) is 6. The van der Waals surface area contributed by atoms with Gasteiger partial charge in [0.25, 0.3) is 0 Å². The molecule has 0 aliphatic carbocycles. The summed E-state index contributed by atoms with van der Waals surface area (Å²) >= 11 is 0. The van der Waals surface area contributed by atoms with Gasteiger partial charge in [0.2, 0.25) is 17.7 Å². The molecule has 0 radical (unpaired) electrons. The lowest BCUT2D eigenvalue weighted by molar-refractivity contribution is -0.145. The maximum atomic E-state index is 12.3. The molecule has 3 atom stereocenters. The molecular weight excluding hydrogens is 364 g/mol. The van der Waals surface area contributed by atoms with Crippen LogP contribution in [0.4, 0.5) is 0 Å². The fourth-order valence-electron chi connectivity index (χ4n) is 2.60. The Balaban J connectivity index is 2.55. The van der Waals surface area contributed by atoms with Crippen molar-refractivity contribution in [1.29, 1.82) is 0 Å². The first-order valence-electron chi connectivity index (χ1n) is 8.36. The molecule has 152 valence electrons. The predicted octanol–water partition coefficient (Wildman–Crippen LogP) is -3.15. The van der Waals surface area contributed by atoms with E-state index in [4.69, 9.17) is 21.1 Å². The first-order chi connectivity index (χ1) is 12.7. The number of nitrogens with zero attached hydrogens (tertiary/aromatic N) is 1. The van der Waals surface area contributed by atoms with Crippen molar-refractivity contribution in [3.63, 3.8) is 0 Å². The van der Waals surface area contributed by atoms with E-state index in [1.54, 1.807) is 0 Å². The normalized spacial score (nSPS) is 18.4. The fourth-order valence-corrected chi connectivity index (χ4v) is 2.60. The average molecular weight is 388 g/mol. The summed E-state index contributed by atoms with van der Waals surface area (Å²) in [5.41, 5.74) is 5.54. The molecule has 0 spiro atoms. The largest absolute Gasteiger partial charge is 0.481 e. The van der Waals surface area contributed by atoms with Gasteiger partial charge in [-0.3, -0.25) is 19.2 Å². The van der Waals surface area contributed by atoms with Crippen molar-refractivity contribution in [3.8, 4) is 0 Å². The van der Waals surface area contributed by atoms with Gasteiger partial charge in [-0.15, -0.1) is 0 Å². The molecule has 0 aromatic heterocycles. The molecule has 0 saturated carbocycles. The second kappa shape index (κ2) is 10.4. The molecule has 12 nitrogen and oxygen atoms in total. The van der Waals surface area contributed by atoms with Gasteiger partial charge in [-0.25, -0.2) is 4.79 Å². The van der Waals surface area contributed by atoms with Crippen molar-refractivity contribution >= 4 is 29.7 Å². The molecule has 3 unspecified atom stereocenters. The molecule has 7 N–H and O–H groups in total. The highest BCUT2D eigenvalue weighted by Gasteiger charge is 2.35. The quantitative estimate of drug-likeness (QED) is 0.223. The van der Waals surface area contributed by atoms with E-state index in [0.717, 1.165) is 0 Å². The highest BCUT2D eigenvalue weighted by Crippen LogP contribution is 2.17. The van der Waals surface area contributed by atoms with Crippen molar-refractivity contribution < 1.29 is 39.3 Å². The van der Waals surface area contributed by atoms with E-state index in [-0.39, 0.29) is 19.4 Å². The van der Waals surface area contributed by atoms with E-state index in [1.165, 1.54) is 4.90 Å². The monoisotopic (exact) mass is 388 g/mol. The average Bonchev–Trinajstić information content (AvgIpc) is 3.11. The zero-order valence-electron chi connectivity index (χ0n) is 14.6. The smallest absolute Gasteiger partial charge is 0.328 e. The zero-order chi connectivity index (χ0) is 20.6. The third-order valence-corrected chi connectivity index (χ3v) is 4.09. The minimum Gasteiger partial charge on any atom is -0.481 e. The van der Waals surface area contributed by atoms with Gasteiger partial charge in [-0.2, -0.15) is 0 Å². The van der Waals surface area contributed by atoms with Crippen molar-refractivity contribution in [1.82, 2.24) is 15.5 Å². The predicted molar refractivity (Wildman–Crippen MR) is 89.2 cm³/mol.